The molecule has 1 N–H and O–H groups in total. The zero-order valence-corrected chi connectivity index (χ0v) is 19.4. The van der Waals surface area contributed by atoms with Crippen LogP contribution in [0.2, 0.25) is 0 Å². The lowest BCUT2D eigenvalue weighted by Gasteiger charge is -2.57. The van der Waals surface area contributed by atoms with E-state index in [2.05, 4.69) is 25.7 Å². The molecule has 0 radical (unpaired) electrons. The number of carbonyl (C=O) groups is 1. The maximum absolute atomic E-state index is 13.4. The summed E-state index contributed by atoms with van der Waals surface area (Å²) in [7, 11) is 0. The minimum atomic E-state index is -0.432. The van der Waals surface area contributed by atoms with Crippen molar-refractivity contribution in [1.82, 2.24) is 4.90 Å². The third-order valence-electron chi connectivity index (χ3n) is 10.3. The molecule has 4 aliphatic carbocycles. The fourth-order valence-corrected chi connectivity index (χ4v) is 8.98. The summed E-state index contributed by atoms with van der Waals surface area (Å²) in [6, 6.07) is 0. The van der Waals surface area contributed by atoms with Crippen molar-refractivity contribution in [1.29, 1.82) is 0 Å². The summed E-state index contributed by atoms with van der Waals surface area (Å²) in [6.07, 6.45) is 11.1. The molecule has 170 valence electrons. The molecule has 1 aliphatic heterocycles. The van der Waals surface area contributed by atoms with Crippen LogP contribution in [-0.4, -0.2) is 53.7 Å². The fraction of sp³-hybridized carbons (Fsp3) is 0.962. The summed E-state index contributed by atoms with van der Waals surface area (Å²) in [6.45, 7) is 9.84. The van der Waals surface area contributed by atoms with E-state index in [9.17, 15) is 9.90 Å². The first-order valence-corrected chi connectivity index (χ1v) is 12.9. The molecule has 5 aliphatic rings. The second kappa shape index (κ2) is 7.85. The van der Waals surface area contributed by atoms with Crippen molar-refractivity contribution >= 4 is 5.78 Å². The highest BCUT2D eigenvalue weighted by Crippen LogP contribution is 2.64. The van der Waals surface area contributed by atoms with Gasteiger partial charge in [-0.3, -0.25) is 9.69 Å². The largest absolute Gasteiger partial charge is 0.390 e. The van der Waals surface area contributed by atoms with Gasteiger partial charge in [0.25, 0.3) is 0 Å². The van der Waals surface area contributed by atoms with Gasteiger partial charge in [-0.05, 0) is 107 Å². The van der Waals surface area contributed by atoms with E-state index in [4.69, 9.17) is 4.74 Å². The molecule has 0 spiro atoms. The van der Waals surface area contributed by atoms with Crippen LogP contribution in [0.3, 0.4) is 0 Å². The van der Waals surface area contributed by atoms with Crippen molar-refractivity contribution in [3.05, 3.63) is 0 Å². The van der Waals surface area contributed by atoms with Crippen LogP contribution in [0, 0.1) is 40.9 Å². The molecular weight excluding hydrogens is 374 g/mol. The molecule has 0 amide bonds. The molecule has 4 nitrogen and oxygen atoms in total. The predicted molar refractivity (Wildman–Crippen MR) is 118 cm³/mol. The van der Waals surface area contributed by atoms with Crippen molar-refractivity contribution in [3.63, 3.8) is 0 Å². The van der Waals surface area contributed by atoms with E-state index < -0.39 is 5.60 Å². The minimum absolute atomic E-state index is 0.225. The molecule has 0 aromatic carbocycles. The van der Waals surface area contributed by atoms with E-state index >= 15 is 0 Å². The molecule has 1 saturated heterocycles. The summed E-state index contributed by atoms with van der Waals surface area (Å²) >= 11 is 0. The number of Topliss-reactive ketones (excluding diaryl/α,β-unsaturated/α-hetero) is 1. The third kappa shape index (κ3) is 3.69. The van der Waals surface area contributed by atoms with Gasteiger partial charge in [0.05, 0.1) is 24.9 Å². The molecule has 9 atom stereocenters. The van der Waals surface area contributed by atoms with Gasteiger partial charge in [0, 0.05) is 19.0 Å². The maximum Gasteiger partial charge on any atom is 0.150 e. The van der Waals surface area contributed by atoms with Gasteiger partial charge in [0.1, 0.15) is 5.78 Å². The Bertz CT molecular complexity index is 663. The summed E-state index contributed by atoms with van der Waals surface area (Å²) in [5.74, 6) is 4.78. The number of rotatable bonds is 3. The Kier molecular flexibility index (Phi) is 5.60. The first kappa shape index (κ1) is 21.4. The molecule has 5 fully saturated rings. The molecule has 4 heteroatoms. The van der Waals surface area contributed by atoms with E-state index in [0.717, 1.165) is 68.5 Å². The number of ether oxygens (including phenoxy) is 1. The quantitative estimate of drug-likeness (QED) is 0.744. The zero-order valence-electron chi connectivity index (χ0n) is 19.4. The molecule has 30 heavy (non-hydrogen) atoms. The predicted octanol–water partition coefficient (Wildman–Crippen LogP) is 4.30. The van der Waals surface area contributed by atoms with Crippen molar-refractivity contribution in [3.8, 4) is 0 Å². The molecule has 0 unspecified atom stereocenters. The van der Waals surface area contributed by atoms with E-state index in [-0.39, 0.29) is 17.4 Å². The van der Waals surface area contributed by atoms with Gasteiger partial charge in [-0.25, -0.2) is 0 Å². The Morgan fingerprint density at radius 1 is 1.03 bits per heavy atom. The molecular formula is C26H43NO3. The van der Waals surface area contributed by atoms with Crippen molar-refractivity contribution in [2.75, 3.05) is 26.2 Å². The van der Waals surface area contributed by atoms with Crippen LogP contribution in [0.4, 0.5) is 0 Å². The lowest BCUT2D eigenvalue weighted by Crippen LogP contribution is -2.52. The topological polar surface area (TPSA) is 49.8 Å². The van der Waals surface area contributed by atoms with Crippen LogP contribution in [0.5, 0.6) is 0 Å². The van der Waals surface area contributed by atoms with Gasteiger partial charge in [-0.1, -0.05) is 6.92 Å². The number of fused-ring (bicyclic) bond motifs is 5. The highest BCUT2D eigenvalue weighted by atomic mass is 16.5. The highest BCUT2D eigenvalue weighted by molar-refractivity contribution is 5.84. The zero-order chi connectivity index (χ0) is 21.1. The van der Waals surface area contributed by atoms with Gasteiger partial charge >= 0.3 is 0 Å². The van der Waals surface area contributed by atoms with Gasteiger partial charge < -0.3 is 9.84 Å². The highest BCUT2D eigenvalue weighted by Gasteiger charge is 2.58. The van der Waals surface area contributed by atoms with E-state index in [1.54, 1.807) is 0 Å². The van der Waals surface area contributed by atoms with Crippen molar-refractivity contribution in [2.45, 2.75) is 90.3 Å². The maximum atomic E-state index is 13.4. The molecule has 0 bridgehead atoms. The summed E-state index contributed by atoms with van der Waals surface area (Å²) in [5.41, 5.74) is -0.206. The second-order valence-corrected chi connectivity index (χ2v) is 12.2. The summed E-state index contributed by atoms with van der Waals surface area (Å²) in [5, 5.41) is 10.6. The minimum Gasteiger partial charge on any atom is -0.390 e. The van der Waals surface area contributed by atoms with Crippen LogP contribution in [-0.2, 0) is 9.53 Å². The average Bonchev–Trinajstić information content (AvgIpc) is 3.04. The second-order valence-electron chi connectivity index (χ2n) is 12.2. The number of morpholine rings is 1. The number of hydrogen-bond acceptors (Lipinski definition) is 4. The van der Waals surface area contributed by atoms with Crippen molar-refractivity contribution < 1.29 is 14.6 Å². The van der Waals surface area contributed by atoms with Crippen LogP contribution in [0.25, 0.3) is 0 Å². The number of carbonyl (C=O) groups excluding carboxylic acids is 1. The van der Waals surface area contributed by atoms with E-state index in [1.807, 2.05) is 0 Å². The fourth-order valence-electron chi connectivity index (χ4n) is 8.98. The first-order valence-electron chi connectivity index (χ1n) is 12.9. The van der Waals surface area contributed by atoms with Gasteiger partial charge in [0.2, 0.25) is 0 Å². The van der Waals surface area contributed by atoms with Crippen LogP contribution in [0.1, 0.15) is 78.6 Å². The monoisotopic (exact) mass is 417 g/mol. The smallest absolute Gasteiger partial charge is 0.150 e. The number of hydrogen-bond donors (Lipinski definition) is 1. The SMILES string of the molecule is C[C@@H]1CN(CC(=O)[C@H]2CC[C@H]3[C@@H]4CC[C@@H]5C[C@](C)(O)CC[C@@H]5[C@H]4CC[C@]23C)CCO1. The average molecular weight is 418 g/mol. The number of ketones is 1. The lowest BCUT2D eigenvalue weighted by molar-refractivity contribution is -0.134. The standard InChI is InChI=1S/C26H43NO3/c1-17-15-27(12-13-30-17)16-24(28)23-7-6-22-21-5-4-18-14-25(2,29)10-8-19(18)20(21)9-11-26(22,23)3/h17-23,29H,4-16H2,1-3H3/t17-,18-,19+,20-,21-,22+,23-,25-,26+/m1/s1. The van der Waals surface area contributed by atoms with Crippen LogP contribution in [0.15, 0.2) is 0 Å². The normalized spacial score (nSPS) is 51.7. The molecule has 4 saturated carbocycles. The molecule has 5 rings (SSSR count). The lowest BCUT2D eigenvalue weighted by atomic mass is 9.49. The molecule has 0 aromatic heterocycles. The van der Waals surface area contributed by atoms with E-state index in [1.165, 1.54) is 38.5 Å². The van der Waals surface area contributed by atoms with Gasteiger partial charge in [-0.15, -0.1) is 0 Å². The molecule has 0 aromatic rings. The summed E-state index contributed by atoms with van der Waals surface area (Å²) in [4.78, 5) is 15.8. The number of aliphatic hydroxyl groups is 1. The Labute approximate surface area is 183 Å². The van der Waals surface area contributed by atoms with Gasteiger partial charge in [-0.2, -0.15) is 0 Å². The Morgan fingerprint density at radius 3 is 2.63 bits per heavy atom. The van der Waals surface area contributed by atoms with Gasteiger partial charge in [0.15, 0.2) is 0 Å². The van der Waals surface area contributed by atoms with Crippen LogP contribution >= 0.6 is 0 Å². The third-order valence-corrected chi connectivity index (χ3v) is 10.3. The van der Waals surface area contributed by atoms with E-state index in [0.29, 0.717) is 12.3 Å². The Morgan fingerprint density at radius 2 is 1.83 bits per heavy atom. The Hall–Kier alpha value is -0.450. The number of nitrogens with zero attached hydrogens (tertiary/aromatic N) is 1. The first-order chi connectivity index (χ1) is 14.3. The van der Waals surface area contributed by atoms with Crippen molar-refractivity contribution in [2.24, 2.45) is 40.9 Å². The summed E-state index contributed by atoms with van der Waals surface area (Å²) < 4.78 is 5.67. The molecule has 1 heterocycles. The Balaban J connectivity index is 1.27. The van der Waals surface area contributed by atoms with Crippen LogP contribution < -0.4 is 0 Å².